The molecule has 2 aliphatic rings. The van der Waals surface area contributed by atoms with Gasteiger partial charge in [-0.25, -0.2) is 4.79 Å². The summed E-state index contributed by atoms with van der Waals surface area (Å²) in [6.45, 7) is 1.32. The van der Waals surface area contributed by atoms with E-state index in [4.69, 9.17) is 8.92 Å². The molecule has 2 fully saturated rings. The van der Waals surface area contributed by atoms with Crippen molar-refractivity contribution in [1.82, 2.24) is 9.80 Å². The fraction of sp³-hybridized carbons (Fsp3) is 0.571. The molecule has 1 aromatic rings. The summed E-state index contributed by atoms with van der Waals surface area (Å²) in [5, 5.41) is 0. The van der Waals surface area contributed by atoms with Crippen molar-refractivity contribution < 1.29 is 31.7 Å². The first-order valence-corrected chi connectivity index (χ1v) is 12.8. The standard InChI is InChI=1S/C21H27BrN2O7S/c1-30-21(27)18-13-16(31-32(28,29)17-7-5-15(22)6-8-17)14-24(18)20(26)10-9-19(25)23-11-3-2-4-12-23/h5-8,16,18H,2-4,9-14H2,1H3/t16-,18-/m0/s1. The van der Waals surface area contributed by atoms with E-state index in [0.717, 1.165) is 23.7 Å². The Hall–Kier alpha value is -1.98. The van der Waals surface area contributed by atoms with Gasteiger partial charge < -0.3 is 14.5 Å². The molecule has 2 amide bonds. The Kier molecular flexibility index (Phi) is 8.29. The number of esters is 1. The molecule has 11 heteroatoms. The summed E-state index contributed by atoms with van der Waals surface area (Å²) in [6, 6.07) is 5.01. The number of hydrogen-bond acceptors (Lipinski definition) is 7. The fourth-order valence-corrected chi connectivity index (χ4v) is 5.34. The van der Waals surface area contributed by atoms with Crippen LogP contribution in [0.3, 0.4) is 0 Å². The van der Waals surface area contributed by atoms with Gasteiger partial charge in [-0.2, -0.15) is 8.42 Å². The summed E-state index contributed by atoms with van der Waals surface area (Å²) in [7, 11) is -2.87. The first kappa shape index (κ1) is 24.7. The van der Waals surface area contributed by atoms with Crippen LogP contribution in [-0.2, 0) is 33.4 Å². The van der Waals surface area contributed by atoms with E-state index in [9.17, 15) is 22.8 Å². The highest BCUT2D eigenvalue weighted by molar-refractivity contribution is 9.10. The molecule has 0 spiro atoms. The van der Waals surface area contributed by atoms with Gasteiger partial charge in [0.15, 0.2) is 0 Å². The third-order valence-electron chi connectivity index (χ3n) is 5.68. The smallest absolute Gasteiger partial charge is 0.328 e. The van der Waals surface area contributed by atoms with E-state index in [1.807, 2.05) is 0 Å². The van der Waals surface area contributed by atoms with Crippen LogP contribution in [0.4, 0.5) is 0 Å². The number of piperidine rings is 1. The van der Waals surface area contributed by atoms with Crippen molar-refractivity contribution in [2.24, 2.45) is 0 Å². The van der Waals surface area contributed by atoms with Gasteiger partial charge in [0.1, 0.15) is 6.04 Å². The zero-order chi connectivity index (χ0) is 23.3. The van der Waals surface area contributed by atoms with Crippen LogP contribution < -0.4 is 0 Å². The molecule has 0 N–H and O–H groups in total. The predicted molar refractivity (Wildman–Crippen MR) is 118 cm³/mol. The molecular formula is C21H27BrN2O7S. The molecule has 2 atom stereocenters. The van der Waals surface area contributed by atoms with E-state index in [0.29, 0.717) is 13.1 Å². The maximum absolute atomic E-state index is 12.8. The van der Waals surface area contributed by atoms with Crippen LogP contribution in [0.25, 0.3) is 0 Å². The van der Waals surface area contributed by atoms with Gasteiger partial charge in [0.2, 0.25) is 11.8 Å². The van der Waals surface area contributed by atoms with Crippen LogP contribution >= 0.6 is 15.9 Å². The zero-order valence-corrected chi connectivity index (χ0v) is 20.3. The number of halogens is 1. The topological polar surface area (TPSA) is 110 Å². The predicted octanol–water partition coefficient (Wildman–Crippen LogP) is 2.09. The largest absolute Gasteiger partial charge is 0.467 e. The minimum atomic E-state index is -4.08. The lowest BCUT2D eigenvalue weighted by Crippen LogP contribution is -2.42. The average Bonchev–Trinajstić information content (AvgIpc) is 3.20. The van der Waals surface area contributed by atoms with E-state index < -0.39 is 34.1 Å². The van der Waals surface area contributed by atoms with Gasteiger partial charge in [-0.1, -0.05) is 15.9 Å². The number of nitrogens with zero attached hydrogens (tertiary/aromatic N) is 2. The minimum absolute atomic E-state index is 0.00571. The lowest BCUT2D eigenvalue weighted by Gasteiger charge is -2.27. The van der Waals surface area contributed by atoms with Crippen LogP contribution in [0.5, 0.6) is 0 Å². The number of rotatable bonds is 7. The third-order valence-corrected chi connectivity index (χ3v) is 7.59. The van der Waals surface area contributed by atoms with Crippen LogP contribution in [0.1, 0.15) is 38.5 Å². The summed E-state index contributed by atoms with van der Waals surface area (Å²) in [4.78, 5) is 40.4. The summed E-state index contributed by atoms with van der Waals surface area (Å²) in [6.07, 6.45) is 2.11. The van der Waals surface area contributed by atoms with Gasteiger partial charge in [-0.05, 0) is 43.5 Å². The first-order valence-electron chi connectivity index (χ1n) is 10.5. The van der Waals surface area contributed by atoms with Crippen LogP contribution in [0.2, 0.25) is 0 Å². The van der Waals surface area contributed by atoms with Crippen molar-refractivity contribution >= 4 is 43.8 Å². The molecule has 176 valence electrons. The minimum Gasteiger partial charge on any atom is -0.467 e. The normalized spacial score (nSPS) is 21.4. The van der Waals surface area contributed by atoms with Crippen molar-refractivity contribution in [2.45, 2.75) is 55.6 Å². The Balaban J connectivity index is 1.64. The Morgan fingerprint density at radius 1 is 1.03 bits per heavy atom. The van der Waals surface area contributed by atoms with Crippen molar-refractivity contribution in [3.05, 3.63) is 28.7 Å². The first-order chi connectivity index (χ1) is 15.2. The van der Waals surface area contributed by atoms with Crippen molar-refractivity contribution in [2.75, 3.05) is 26.7 Å². The Morgan fingerprint density at radius 2 is 1.66 bits per heavy atom. The molecule has 3 rings (SSSR count). The van der Waals surface area contributed by atoms with Gasteiger partial charge in [0.05, 0.1) is 18.1 Å². The Labute approximate surface area is 196 Å². The second kappa shape index (κ2) is 10.8. The number of likely N-dealkylation sites (tertiary alicyclic amines) is 2. The molecule has 0 bridgehead atoms. The molecule has 0 saturated carbocycles. The molecule has 2 aliphatic heterocycles. The molecule has 32 heavy (non-hydrogen) atoms. The maximum Gasteiger partial charge on any atom is 0.328 e. The Bertz CT molecular complexity index is 945. The molecule has 0 radical (unpaired) electrons. The second-order valence-corrected chi connectivity index (χ2v) is 10.4. The molecule has 1 aromatic carbocycles. The quantitative estimate of drug-likeness (QED) is 0.392. The summed E-state index contributed by atoms with van der Waals surface area (Å²) in [5.41, 5.74) is 0. The molecule has 2 heterocycles. The van der Waals surface area contributed by atoms with E-state index in [2.05, 4.69) is 15.9 Å². The maximum atomic E-state index is 12.8. The van der Waals surface area contributed by atoms with E-state index in [1.54, 1.807) is 17.0 Å². The number of hydrogen-bond donors (Lipinski definition) is 0. The molecule has 2 saturated heterocycles. The van der Waals surface area contributed by atoms with E-state index in [-0.39, 0.29) is 36.6 Å². The number of ether oxygens (including phenoxy) is 1. The zero-order valence-electron chi connectivity index (χ0n) is 17.9. The second-order valence-electron chi connectivity index (χ2n) is 7.89. The summed E-state index contributed by atoms with van der Waals surface area (Å²) >= 11 is 3.25. The van der Waals surface area contributed by atoms with Gasteiger partial charge in [-0.3, -0.25) is 13.8 Å². The third kappa shape index (κ3) is 6.08. The summed E-state index contributed by atoms with van der Waals surface area (Å²) in [5.74, 6) is -1.14. The molecule has 0 aliphatic carbocycles. The fourth-order valence-electron chi connectivity index (χ4n) is 4.00. The molecule has 0 aromatic heterocycles. The van der Waals surface area contributed by atoms with Crippen molar-refractivity contribution in [3.8, 4) is 0 Å². The molecule has 9 nitrogen and oxygen atoms in total. The van der Waals surface area contributed by atoms with Crippen LogP contribution in [0.15, 0.2) is 33.6 Å². The van der Waals surface area contributed by atoms with Gasteiger partial charge in [0.25, 0.3) is 10.1 Å². The monoisotopic (exact) mass is 530 g/mol. The van der Waals surface area contributed by atoms with Gasteiger partial charge >= 0.3 is 5.97 Å². The number of benzene rings is 1. The highest BCUT2D eigenvalue weighted by Crippen LogP contribution is 2.27. The van der Waals surface area contributed by atoms with Crippen LogP contribution in [0, 0.1) is 0 Å². The van der Waals surface area contributed by atoms with Gasteiger partial charge in [-0.15, -0.1) is 0 Å². The lowest BCUT2D eigenvalue weighted by atomic mass is 10.1. The molecule has 0 unspecified atom stereocenters. The lowest BCUT2D eigenvalue weighted by molar-refractivity contribution is -0.151. The van der Waals surface area contributed by atoms with E-state index >= 15 is 0 Å². The summed E-state index contributed by atoms with van der Waals surface area (Å²) < 4.78 is 36.1. The van der Waals surface area contributed by atoms with Crippen LogP contribution in [-0.4, -0.2) is 74.9 Å². The van der Waals surface area contributed by atoms with Crippen molar-refractivity contribution in [3.63, 3.8) is 0 Å². The molecular weight excluding hydrogens is 504 g/mol. The highest BCUT2D eigenvalue weighted by Gasteiger charge is 2.42. The number of carbonyl (C=O) groups is 3. The SMILES string of the molecule is COC(=O)[C@@H]1C[C@H](OS(=O)(=O)c2ccc(Br)cc2)CN1C(=O)CCC(=O)N1CCCCC1. The number of carbonyl (C=O) groups excluding carboxylic acids is 3. The average molecular weight is 531 g/mol. The highest BCUT2D eigenvalue weighted by atomic mass is 79.9. The number of methoxy groups -OCH3 is 1. The van der Waals surface area contributed by atoms with Crippen molar-refractivity contribution in [1.29, 1.82) is 0 Å². The number of amides is 2. The van der Waals surface area contributed by atoms with Gasteiger partial charge in [0, 0.05) is 43.4 Å². The Morgan fingerprint density at radius 3 is 2.28 bits per heavy atom. The van der Waals surface area contributed by atoms with E-state index in [1.165, 1.54) is 24.1 Å².